The number of nitrogens with zero attached hydrogens (tertiary/aromatic N) is 1. The van der Waals surface area contributed by atoms with Gasteiger partial charge in [0.15, 0.2) is 0 Å². The van der Waals surface area contributed by atoms with Gasteiger partial charge in [-0.2, -0.15) is 0 Å². The molecule has 0 fully saturated rings. The summed E-state index contributed by atoms with van der Waals surface area (Å²) in [4.78, 5) is 26.5. The van der Waals surface area contributed by atoms with Gasteiger partial charge in [0.2, 0.25) is 5.91 Å². The number of amides is 3. The van der Waals surface area contributed by atoms with E-state index in [2.05, 4.69) is 10.6 Å². The van der Waals surface area contributed by atoms with Gasteiger partial charge in [0.1, 0.15) is 12.4 Å². The molecule has 2 rings (SSSR count). The first-order valence-electron chi connectivity index (χ1n) is 8.10. The first-order valence-corrected chi connectivity index (χ1v) is 8.98. The summed E-state index contributed by atoms with van der Waals surface area (Å²) in [7, 11) is 1.81. The van der Waals surface area contributed by atoms with Crippen molar-refractivity contribution in [1.82, 2.24) is 15.5 Å². The van der Waals surface area contributed by atoms with Gasteiger partial charge in [-0.25, -0.2) is 4.79 Å². The Balaban J connectivity index is 1.56. The number of urea groups is 1. The molecule has 1 heterocycles. The highest BCUT2D eigenvalue weighted by molar-refractivity contribution is 7.09. The van der Waals surface area contributed by atoms with Crippen LogP contribution in [0.3, 0.4) is 0 Å². The number of para-hydroxylation sites is 1. The maximum Gasteiger partial charge on any atom is 0.321 e. The molecule has 2 N–H and O–H groups in total. The number of benzene rings is 1. The average molecular weight is 361 g/mol. The monoisotopic (exact) mass is 361 g/mol. The van der Waals surface area contributed by atoms with Gasteiger partial charge in [0.25, 0.3) is 0 Å². The zero-order valence-corrected chi connectivity index (χ0v) is 15.1. The smallest absolute Gasteiger partial charge is 0.321 e. The Hall–Kier alpha value is -2.38. The zero-order chi connectivity index (χ0) is 17.9. The summed E-state index contributed by atoms with van der Waals surface area (Å²) in [5, 5.41) is 7.01. The largest absolute Gasteiger partial charge is 0.492 e. The van der Waals surface area contributed by atoms with Crippen molar-refractivity contribution in [2.24, 2.45) is 0 Å². The molecule has 0 spiro atoms. The third-order valence-corrected chi connectivity index (χ3v) is 4.32. The minimum atomic E-state index is -0.463. The third kappa shape index (κ3) is 7.82. The molecule has 0 atom stereocenters. The molecule has 0 saturated carbocycles. The predicted octanol–water partition coefficient (Wildman–Crippen LogP) is 2.13. The van der Waals surface area contributed by atoms with Crippen LogP contribution in [-0.2, 0) is 11.2 Å². The van der Waals surface area contributed by atoms with Gasteiger partial charge >= 0.3 is 6.03 Å². The summed E-state index contributed by atoms with van der Waals surface area (Å²) in [6.45, 7) is 1.69. The number of likely N-dealkylation sites (N-methyl/N-ethyl adjacent to an activating group) is 1. The van der Waals surface area contributed by atoms with Crippen LogP contribution in [0.15, 0.2) is 47.8 Å². The van der Waals surface area contributed by atoms with Crippen LogP contribution in [-0.4, -0.2) is 50.1 Å². The molecular weight excluding hydrogens is 338 g/mol. The molecule has 0 aliphatic heterocycles. The fraction of sp³-hybridized carbons (Fsp3) is 0.333. The number of imide groups is 1. The van der Waals surface area contributed by atoms with Crippen molar-refractivity contribution >= 4 is 23.3 Å². The minimum absolute atomic E-state index is 0.135. The van der Waals surface area contributed by atoms with Crippen molar-refractivity contribution in [3.05, 3.63) is 52.7 Å². The summed E-state index contributed by atoms with van der Waals surface area (Å²) in [6, 6.07) is 13.0. The quantitative estimate of drug-likeness (QED) is 0.718. The highest BCUT2D eigenvalue weighted by Crippen LogP contribution is 2.08. The standard InChI is InChI=1S/C18H23N3O3S/c1-21(11-12-24-15-6-3-2-4-7-15)14-17(22)20-18(23)19-10-9-16-8-5-13-25-16/h2-8,13H,9-12,14H2,1H3,(H2,19,20,22,23). The Labute approximate surface area is 151 Å². The van der Waals surface area contributed by atoms with E-state index < -0.39 is 6.03 Å². The number of carbonyl (C=O) groups is 2. The molecule has 1 aromatic carbocycles. The van der Waals surface area contributed by atoms with Crippen LogP contribution in [0.4, 0.5) is 4.79 Å². The molecule has 0 radical (unpaired) electrons. The summed E-state index contributed by atoms with van der Waals surface area (Å²) < 4.78 is 5.58. The van der Waals surface area contributed by atoms with Crippen LogP contribution in [0.5, 0.6) is 5.75 Å². The highest BCUT2D eigenvalue weighted by atomic mass is 32.1. The van der Waals surface area contributed by atoms with E-state index in [9.17, 15) is 9.59 Å². The molecule has 6 nitrogen and oxygen atoms in total. The van der Waals surface area contributed by atoms with Crippen molar-refractivity contribution in [3.63, 3.8) is 0 Å². The molecule has 1 aromatic heterocycles. The Morgan fingerprint density at radius 3 is 2.68 bits per heavy atom. The van der Waals surface area contributed by atoms with Crippen molar-refractivity contribution in [2.75, 3.05) is 33.3 Å². The maximum atomic E-state index is 11.8. The first-order chi connectivity index (χ1) is 12.1. The molecule has 2 aromatic rings. The molecule has 7 heteroatoms. The minimum Gasteiger partial charge on any atom is -0.492 e. The number of rotatable bonds is 9. The lowest BCUT2D eigenvalue weighted by Crippen LogP contribution is -2.44. The number of carbonyl (C=O) groups excluding carboxylic acids is 2. The van der Waals surface area contributed by atoms with Gasteiger partial charge < -0.3 is 10.1 Å². The number of nitrogens with one attached hydrogen (secondary N) is 2. The molecule has 3 amide bonds. The van der Waals surface area contributed by atoms with Gasteiger partial charge in [-0.15, -0.1) is 11.3 Å². The second-order valence-corrected chi connectivity index (χ2v) is 6.56. The maximum absolute atomic E-state index is 11.8. The molecule has 25 heavy (non-hydrogen) atoms. The second kappa shape index (κ2) is 10.5. The number of ether oxygens (including phenoxy) is 1. The van der Waals surface area contributed by atoms with Crippen molar-refractivity contribution in [1.29, 1.82) is 0 Å². The lowest BCUT2D eigenvalue weighted by molar-refractivity contribution is -0.120. The van der Waals surface area contributed by atoms with E-state index in [-0.39, 0.29) is 12.5 Å². The molecule has 0 aliphatic rings. The Morgan fingerprint density at radius 2 is 1.96 bits per heavy atom. The first kappa shape index (κ1) is 19.0. The predicted molar refractivity (Wildman–Crippen MR) is 99.0 cm³/mol. The zero-order valence-electron chi connectivity index (χ0n) is 14.2. The fourth-order valence-corrected chi connectivity index (χ4v) is 2.83. The summed E-state index contributed by atoms with van der Waals surface area (Å²) in [6.07, 6.45) is 0.760. The SMILES string of the molecule is CN(CCOc1ccccc1)CC(=O)NC(=O)NCCc1cccs1. The molecular formula is C18H23N3O3S. The van der Waals surface area contributed by atoms with Crippen LogP contribution in [0.2, 0.25) is 0 Å². The molecule has 0 unspecified atom stereocenters. The Morgan fingerprint density at radius 1 is 1.16 bits per heavy atom. The molecule has 134 valence electrons. The van der Waals surface area contributed by atoms with Crippen LogP contribution < -0.4 is 15.4 Å². The number of thiophene rings is 1. The summed E-state index contributed by atoms with van der Waals surface area (Å²) >= 11 is 1.65. The van der Waals surface area contributed by atoms with Crippen molar-refractivity contribution in [2.45, 2.75) is 6.42 Å². The van der Waals surface area contributed by atoms with Gasteiger partial charge in [-0.1, -0.05) is 24.3 Å². The van der Waals surface area contributed by atoms with Crippen LogP contribution in [0.1, 0.15) is 4.88 Å². The number of hydrogen-bond acceptors (Lipinski definition) is 5. The van der Waals surface area contributed by atoms with Gasteiger partial charge in [0.05, 0.1) is 6.54 Å². The normalized spacial score (nSPS) is 10.5. The van der Waals surface area contributed by atoms with Gasteiger partial charge in [-0.3, -0.25) is 15.0 Å². The fourth-order valence-electron chi connectivity index (χ4n) is 2.12. The topological polar surface area (TPSA) is 70.7 Å². The lowest BCUT2D eigenvalue weighted by atomic mass is 10.3. The van der Waals surface area contributed by atoms with Crippen LogP contribution in [0.25, 0.3) is 0 Å². The van der Waals surface area contributed by atoms with E-state index in [0.29, 0.717) is 19.7 Å². The van der Waals surface area contributed by atoms with E-state index in [4.69, 9.17) is 4.74 Å². The van der Waals surface area contributed by atoms with E-state index in [0.717, 1.165) is 12.2 Å². The van der Waals surface area contributed by atoms with Crippen molar-refractivity contribution in [3.8, 4) is 5.75 Å². The number of hydrogen-bond donors (Lipinski definition) is 2. The highest BCUT2D eigenvalue weighted by Gasteiger charge is 2.10. The Kier molecular flexibility index (Phi) is 7.94. The third-order valence-electron chi connectivity index (χ3n) is 3.39. The van der Waals surface area contributed by atoms with Crippen LogP contribution >= 0.6 is 11.3 Å². The Bertz CT molecular complexity index is 647. The summed E-state index contributed by atoms with van der Waals surface area (Å²) in [5.41, 5.74) is 0. The van der Waals surface area contributed by atoms with Crippen molar-refractivity contribution < 1.29 is 14.3 Å². The van der Waals surface area contributed by atoms with Gasteiger partial charge in [0, 0.05) is 18.0 Å². The lowest BCUT2D eigenvalue weighted by Gasteiger charge is -2.16. The van der Waals surface area contributed by atoms with E-state index in [1.165, 1.54) is 4.88 Å². The van der Waals surface area contributed by atoms with E-state index in [1.54, 1.807) is 16.2 Å². The second-order valence-electron chi connectivity index (χ2n) is 5.53. The molecule has 0 saturated heterocycles. The average Bonchev–Trinajstić information content (AvgIpc) is 3.09. The molecule has 0 aliphatic carbocycles. The molecule has 0 bridgehead atoms. The van der Waals surface area contributed by atoms with E-state index >= 15 is 0 Å². The van der Waals surface area contributed by atoms with E-state index in [1.807, 2.05) is 54.9 Å². The van der Waals surface area contributed by atoms with Crippen LogP contribution in [0, 0.1) is 0 Å². The van der Waals surface area contributed by atoms with Gasteiger partial charge in [-0.05, 0) is 37.0 Å². The summed E-state index contributed by atoms with van der Waals surface area (Å²) in [5.74, 6) is 0.460.